The Morgan fingerprint density at radius 1 is 0.457 bits per heavy atom. The van der Waals surface area contributed by atoms with E-state index in [-0.39, 0.29) is 50.1 Å². The van der Waals surface area contributed by atoms with E-state index in [2.05, 4.69) is 38.4 Å². The lowest BCUT2D eigenvalue weighted by Crippen LogP contribution is -2.53. The fraction of sp³-hybridized carbons (Fsp3) is 0.481. The molecule has 380 valence electrons. The molecule has 4 atom stereocenters. The van der Waals surface area contributed by atoms with Crippen LogP contribution in [0.4, 0.5) is 0 Å². The molecule has 0 aliphatic carbocycles. The van der Waals surface area contributed by atoms with Gasteiger partial charge in [0.25, 0.3) is 0 Å². The monoisotopic (exact) mass is 972 g/mol. The lowest BCUT2D eigenvalue weighted by molar-refractivity contribution is -0.940. The fourth-order valence-electron chi connectivity index (χ4n) is 10.1. The summed E-state index contributed by atoms with van der Waals surface area (Å²) in [6.07, 6.45) is 6.65. The molecule has 70 heavy (non-hydrogen) atoms. The molecule has 0 saturated heterocycles. The van der Waals surface area contributed by atoms with Crippen molar-refractivity contribution in [2.75, 3.05) is 125 Å². The summed E-state index contributed by atoms with van der Waals surface area (Å²) in [7, 11) is 20.5. The van der Waals surface area contributed by atoms with Gasteiger partial charge in [0.1, 0.15) is 25.3 Å². The topological polar surface area (TPSA) is 145 Å². The van der Waals surface area contributed by atoms with Crippen molar-refractivity contribution in [3.63, 3.8) is 0 Å². The third-order valence-corrected chi connectivity index (χ3v) is 14.1. The number of likely N-dealkylation sites (N-methyl/N-ethyl adjacent to an activating group) is 2. The van der Waals surface area contributed by atoms with Gasteiger partial charge in [-0.1, -0.05) is 0 Å². The summed E-state index contributed by atoms with van der Waals surface area (Å²) < 4.78 is 69.3. The lowest BCUT2D eigenvalue weighted by Gasteiger charge is -2.46. The number of quaternary nitrogens is 2. The number of hydrogen-bond acceptors (Lipinski definition) is 14. The van der Waals surface area contributed by atoms with Gasteiger partial charge in [-0.05, 0) is 82.9 Å². The highest BCUT2D eigenvalue weighted by Gasteiger charge is 2.42. The van der Waals surface area contributed by atoms with Gasteiger partial charge in [-0.25, -0.2) is 0 Å². The van der Waals surface area contributed by atoms with E-state index in [1.165, 1.54) is 11.1 Å². The van der Waals surface area contributed by atoms with Crippen LogP contribution in [0.15, 0.2) is 60.7 Å². The summed E-state index contributed by atoms with van der Waals surface area (Å²) in [5.74, 6) is 5.35. The van der Waals surface area contributed by atoms with Gasteiger partial charge < -0.3 is 65.8 Å². The average Bonchev–Trinajstić information content (AvgIpc) is 3.38. The van der Waals surface area contributed by atoms with E-state index >= 15 is 0 Å². The summed E-state index contributed by atoms with van der Waals surface area (Å²) in [6, 6.07) is 16.0. The number of esters is 2. The Morgan fingerprint density at radius 2 is 0.771 bits per heavy atom. The Kier molecular flexibility index (Phi) is 18.0. The maximum absolute atomic E-state index is 13.3. The molecule has 0 spiro atoms. The van der Waals surface area contributed by atoms with Crippen LogP contribution in [0.3, 0.4) is 0 Å². The number of ether oxygens (including phenoxy) is 12. The molecule has 4 aromatic rings. The van der Waals surface area contributed by atoms with Crippen LogP contribution in [0.25, 0.3) is 0 Å². The predicted octanol–water partition coefficient (Wildman–Crippen LogP) is 7.47. The second kappa shape index (κ2) is 23.9. The van der Waals surface area contributed by atoms with Gasteiger partial charge in [-0.2, -0.15) is 0 Å². The van der Waals surface area contributed by atoms with Crippen LogP contribution < -0.4 is 47.4 Å². The van der Waals surface area contributed by atoms with Gasteiger partial charge in [0.15, 0.2) is 46.0 Å². The Labute approximate surface area is 412 Å². The summed E-state index contributed by atoms with van der Waals surface area (Å²) in [6.45, 7) is 2.77. The third-order valence-electron chi connectivity index (χ3n) is 14.1. The molecule has 16 heteroatoms. The highest BCUT2D eigenvalue weighted by Crippen LogP contribution is 2.47. The molecule has 6 rings (SSSR count). The number of carbonyl (C=O) groups is 2. The van der Waals surface area contributed by atoms with Gasteiger partial charge in [0, 0.05) is 36.8 Å². The van der Waals surface area contributed by atoms with Gasteiger partial charge in [-0.15, -0.1) is 0 Å². The van der Waals surface area contributed by atoms with Crippen LogP contribution in [0.1, 0.15) is 58.3 Å². The van der Waals surface area contributed by atoms with Crippen molar-refractivity contribution in [1.29, 1.82) is 0 Å². The zero-order valence-corrected chi connectivity index (χ0v) is 43.0. The smallest absolute Gasteiger partial charge is 0.311 e. The number of carbonyl (C=O) groups excluding carboxylic acids is 2. The molecule has 0 fully saturated rings. The Balaban J connectivity index is 1.07. The minimum atomic E-state index is -0.317. The first-order valence-electron chi connectivity index (χ1n) is 23.5. The zero-order chi connectivity index (χ0) is 50.6. The quantitative estimate of drug-likeness (QED) is 0.0389. The summed E-state index contributed by atoms with van der Waals surface area (Å²) in [5, 5.41) is 0. The molecule has 0 N–H and O–H groups in total. The van der Waals surface area contributed by atoms with E-state index in [1.807, 2.05) is 24.3 Å². The van der Waals surface area contributed by atoms with Crippen molar-refractivity contribution in [2.24, 2.45) is 0 Å². The minimum absolute atomic E-state index is 0.0516. The molecule has 0 aromatic heterocycles. The van der Waals surface area contributed by atoms with Gasteiger partial charge in [0.05, 0.1) is 124 Å². The van der Waals surface area contributed by atoms with Crippen LogP contribution >= 0.6 is 0 Å². The Hall–Kier alpha value is -6.52. The average molecular weight is 973 g/mol. The maximum atomic E-state index is 13.3. The van der Waals surface area contributed by atoms with E-state index in [0.29, 0.717) is 92.4 Å². The van der Waals surface area contributed by atoms with Crippen LogP contribution in [-0.4, -0.2) is 145 Å². The fourth-order valence-corrected chi connectivity index (χ4v) is 10.1. The van der Waals surface area contributed by atoms with Crippen molar-refractivity contribution >= 4 is 11.9 Å². The molecule has 2 heterocycles. The zero-order valence-electron chi connectivity index (χ0n) is 43.0. The van der Waals surface area contributed by atoms with Crippen molar-refractivity contribution in [3.8, 4) is 57.5 Å². The molecule has 0 bridgehead atoms. The van der Waals surface area contributed by atoms with Crippen LogP contribution in [0, 0.1) is 0 Å². The van der Waals surface area contributed by atoms with Crippen molar-refractivity contribution in [2.45, 2.75) is 50.6 Å². The molecule has 2 aliphatic heterocycles. The molecule has 0 amide bonds. The largest absolute Gasteiger partial charge is 0.493 e. The first-order chi connectivity index (χ1) is 33.7. The summed E-state index contributed by atoms with van der Waals surface area (Å²) >= 11 is 0. The standard InChI is InChI=1S/C54H72N2O14/c1-55(19-15-37-31-43(59-3)45(61-5)33-39(37)41(55)25-35-27-47(63-7)53(67-11)48(28-35)64-8)21-17-51(57)69-23-13-14-24-70-52(58)18-22-56(2)20-16-38-32-44(60-4)46(62-6)34-40(38)42(56)26-36-29-49(65-9)54(68-12)50(30-36)66-10/h13-14,27-34,41-42H,15-26H2,1-12H3/q+2/b14-13-/t41-,42-,55?,56?/m1/s1. The molecule has 0 radical (unpaired) electrons. The van der Waals surface area contributed by atoms with Gasteiger partial charge >= 0.3 is 11.9 Å². The number of nitrogens with zero attached hydrogens (tertiary/aromatic N) is 2. The van der Waals surface area contributed by atoms with Crippen LogP contribution in [0.2, 0.25) is 0 Å². The molecular weight excluding hydrogens is 901 g/mol. The number of fused-ring (bicyclic) bond motifs is 2. The molecule has 2 unspecified atom stereocenters. The number of hydrogen-bond donors (Lipinski definition) is 0. The van der Waals surface area contributed by atoms with Crippen molar-refractivity contribution < 1.29 is 75.4 Å². The number of benzene rings is 4. The molecular formula is C54H72N2O14+2. The van der Waals surface area contributed by atoms with E-state index in [0.717, 1.165) is 48.2 Å². The third kappa shape index (κ3) is 11.7. The van der Waals surface area contributed by atoms with E-state index in [1.54, 1.807) is 83.3 Å². The highest BCUT2D eigenvalue weighted by molar-refractivity contribution is 5.70. The molecule has 0 saturated carbocycles. The normalized spacial score (nSPS) is 19.3. The van der Waals surface area contributed by atoms with Gasteiger partial charge in [-0.3, -0.25) is 9.59 Å². The summed E-state index contributed by atoms with van der Waals surface area (Å²) in [4.78, 5) is 26.6. The maximum Gasteiger partial charge on any atom is 0.311 e. The Bertz CT molecular complexity index is 2270. The second-order valence-electron chi connectivity index (χ2n) is 18.0. The Morgan fingerprint density at radius 3 is 1.07 bits per heavy atom. The molecule has 2 aliphatic rings. The van der Waals surface area contributed by atoms with Crippen LogP contribution in [-0.2, 0) is 44.7 Å². The predicted molar refractivity (Wildman–Crippen MR) is 264 cm³/mol. The van der Waals surface area contributed by atoms with Crippen LogP contribution in [0.5, 0.6) is 57.5 Å². The lowest BCUT2D eigenvalue weighted by atomic mass is 9.86. The van der Waals surface area contributed by atoms with Crippen molar-refractivity contribution in [3.05, 3.63) is 94.1 Å². The SMILES string of the molecule is COc1cc2c(cc1OC)[C@@H](Cc1cc(OC)c(OC)c(OC)c1)[N+](C)(CCC(=O)OC/C=C\COC(=O)CC[N+]1(C)CCc3cc(OC)c(OC)cc3[C@H]1Cc1cc(OC)c(OC)c(OC)c1)CC2. The van der Waals surface area contributed by atoms with E-state index in [9.17, 15) is 9.59 Å². The first kappa shape index (κ1) is 52.8. The first-order valence-corrected chi connectivity index (χ1v) is 23.5. The minimum Gasteiger partial charge on any atom is -0.493 e. The van der Waals surface area contributed by atoms with Gasteiger partial charge in [0.2, 0.25) is 11.5 Å². The van der Waals surface area contributed by atoms with E-state index < -0.39 is 0 Å². The van der Waals surface area contributed by atoms with E-state index in [4.69, 9.17) is 56.8 Å². The molecule has 4 aromatic carbocycles. The highest BCUT2D eigenvalue weighted by atomic mass is 16.6. The number of methoxy groups -OCH3 is 10. The molecule has 16 nitrogen and oxygen atoms in total. The van der Waals surface area contributed by atoms with Crippen molar-refractivity contribution in [1.82, 2.24) is 0 Å². The number of rotatable bonds is 24. The summed E-state index contributed by atoms with van der Waals surface area (Å²) in [5.41, 5.74) is 6.58. The second-order valence-corrected chi connectivity index (χ2v) is 18.0.